The van der Waals surface area contributed by atoms with Crippen LogP contribution in [0.1, 0.15) is 104 Å². The van der Waals surface area contributed by atoms with E-state index in [2.05, 4.69) is 5.32 Å². The van der Waals surface area contributed by atoms with Crippen molar-refractivity contribution in [1.29, 1.82) is 0 Å². The average Bonchev–Trinajstić information content (AvgIpc) is 3.25. The number of fused-ring (bicyclic) bond motifs is 4. The highest BCUT2D eigenvalue weighted by Gasteiger charge is 2.40. The summed E-state index contributed by atoms with van der Waals surface area (Å²) in [7, 11) is -7.51. The standard InChI is InChI=1S/C27H33NO7S.C20H21NO5S.2CH4/c1-5-34-25(29)20(16-18-12-14-33-15-13-18)19-10-11-24-22(17-19)28(26(30)35-27(2,3)4)21-8-6-7-9-23(21)36(24,31)32;22-20(23)15(11-13-7-9-26-10-8-13)14-5-6-19-17(12-14)21-16-3-1-2-4-18(16)27(19,24)25;;/h6-11,17-18,20H,5,12-16H2,1-4H3;1-6,12-13,15,21H,7-11H2,(H,22,23);2*1H4. The van der Waals surface area contributed by atoms with E-state index >= 15 is 0 Å². The highest BCUT2D eigenvalue weighted by molar-refractivity contribution is 7.92. The number of benzene rings is 4. The lowest BCUT2D eigenvalue weighted by Crippen LogP contribution is -2.37. The zero-order chi connectivity index (χ0) is 45.1. The van der Waals surface area contributed by atoms with Gasteiger partial charge in [-0.3, -0.25) is 9.59 Å². The molecule has 65 heavy (non-hydrogen) atoms. The van der Waals surface area contributed by atoms with Crippen LogP contribution >= 0.6 is 0 Å². The van der Waals surface area contributed by atoms with Crippen LogP contribution in [0.3, 0.4) is 0 Å². The van der Waals surface area contributed by atoms with Crippen molar-refractivity contribution in [2.24, 2.45) is 11.8 Å². The molecule has 4 aromatic carbocycles. The largest absolute Gasteiger partial charge is 0.481 e. The highest BCUT2D eigenvalue weighted by Crippen LogP contribution is 2.47. The number of carboxylic acid groups (broad SMARTS) is 1. The fourth-order valence-electron chi connectivity index (χ4n) is 8.56. The van der Waals surface area contributed by atoms with Crippen LogP contribution in [0.15, 0.2) is 105 Å². The number of nitrogens with one attached hydrogen (secondary N) is 1. The minimum atomic E-state index is -3.89. The van der Waals surface area contributed by atoms with Gasteiger partial charge in [0, 0.05) is 26.4 Å². The quantitative estimate of drug-likeness (QED) is 0.133. The number of ether oxygens (including phenoxy) is 4. The molecule has 1 amide bonds. The smallest absolute Gasteiger partial charge is 0.419 e. The molecule has 4 aliphatic rings. The number of para-hydroxylation sites is 2. The minimum Gasteiger partial charge on any atom is -0.481 e. The second kappa shape index (κ2) is 20.9. The number of sulfone groups is 2. The van der Waals surface area contributed by atoms with Crippen molar-refractivity contribution in [2.45, 2.75) is 118 Å². The minimum absolute atomic E-state index is 0. The summed E-state index contributed by atoms with van der Waals surface area (Å²) in [6.45, 7) is 9.86. The molecule has 4 aromatic rings. The molecule has 2 atom stereocenters. The Morgan fingerprint density at radius 1 is 0.692 bits per heavy atom. The Labute approximate surface area is 383 Å². The Morgan fingerprint density at radius 3 is 1.77 bits per heavy atom. The molecule has 0 bridgehead atoms. The normalized spacial score (nSPS) is 18.1. The summed E-state index contributed by atoms with van der Waals surface area (Å²) in [5.74, 6) is -1.95. The third kappa shape index (κ3) is 11.1. The number of esters is 1. The van der Waals surface area contributed by atoms with Gasteiger partial charge in [-0.05, 0) is 138 Å². The second-order valence-electron chi connectivity index (χ2n) is 17.2. The number of amides is 1. The molecule has 2 unspecified atom stereocenters. The highest BCUT2D eigenvalue weighted by atomic mass is 32.2. The van der Waals surface area contributed by atoms with Crippen molar-refractivity contribution >= 4 is 60.5 Å². The molecule has 0 aromatic heterocycles. The zero-order valence-electron chi connectivity index (χ0n) is 35.9. The number of rotatable bonds is 9. The van der Waals surface area contributed by atoms with Gasteiger partial charge in [0.25, 0.3) is 0 Å². The van der Waals surface area contributed by atoms with Crippen LogP contribution in [0.2, 0.25) is 0 Å². The van der Waals surface area contributed by atoms with E-state index in [0.717, 1.165) is 25.7 Å². The van der Waals surface area contributed by atoms with Gasteiger partial charge in [0.05, 0.1) is 60.8 Å². The van der Waals surface area contributed by atoms with Crippen molar-refractivity contribution in [2.75, 3.05) is 43.3 Å². The van der Waals surface area contributed by atoms with Crippen LogP contribution in [-0.2, 0) is 48.2 Å². The topological polar surface area (TPSA) is 192 Å². The maximum absolute atomic E-state index is 13.5. The number of nitrogens with zero attached hydrogens (tertiary/aromatic N) is 1. The Hall–Kier alpha value is -5.29. The molecular weight excluding hydrogens is 873 g/mol. The molecule has 16 heteroatoms. The molecule has 0 radical (unpaired) electrons. The van der Waals surface area contributed by atoms with E-state index in [-0.39, 0.29) is 64.3 Å². The van der Waals surface area contributed by atoms with Gasteiger partial charge in [-0.25, -0.2) is 26.5 Å². The van der Waals surface area contributed by atoms with Gasteiger partial charge < -0.3 is 29.4 Å². The van der Waals surface area contributed by atoms with Gasteiger partial charge in [0.15, 0.2) is 0 Å². The number of carbonyl (C=O) groups excluding carboxylic acids is 2. The van der Waals surface area contributed by atoms with Crippen molar-refractivity contribution in [3.63, 3.8) is 0 Å². The van der Waals surface area contributed by atoms with Gasteiger partial charge in [-0.2, -0.15) is 0 Å². The number of carboxylic acids is 1. The molecule has 8 rings (SSSR count). The molecule has 352 valence electrons. The van der Waals surface area contributed by atoms with Gasteiger partial charge in [-0.1, -0.05) is 51.3 Å². The second-order valence-corrected chi connectivity index (χ2v) is 20.9. The summed E-state index contributed by atoms with van der Waals surface area (Å²) in [6.07, 6.45) is 3.78. The van der Waals surface area contributed by atoms with Crippen LogP contribution in [-0.4, -0.2) is 78.6 Å². The first kappa shape index (κ1) is 50.7. The van der Waals surface area contributed by atoms with E-state index < -0.39 is 49.2 Å². The molecule has 2 saturated heterocycles. The van der Waals surface area contributed by atoms with Crippen LogP contribution in [0.25, 0.3) is 0 Å². The number of aliphatic carboxylic acids is 1. The molecule has 2 N–H and O–H groups in total. The van der Waals surface area contributed by atoms with Crippen molar-refractivity contribution in [3.8, 4) is 0 Å². The number of carbonyl (C=O) groups is 3. The molecule has 0 spiro atoms. The lowest BCUT2D eigenvalue weighted by Gasteiger charge is -2.33. The van der Waals surface area contributed by atoms with Gasteiger partial charge >= 0.3 is 18.0 Å². The number of anilines is 4. The first-order valence-electron chi connectivity index (χ1n) is 21.3. The van der Waals surface area contributed by atoms with E-state index in [1.54, 1.807) is 94.4 Å². The Balaban J connectivity index is 0.000000245. The SMILES string of the molecule is C.C.CCOC(=O)C(CC1CCOCC1)c1ccc2c(c1)N(C(=O)OC(C)(C)C)c1ccccc1S2(=O)=O.O=C(O)C(CC1CCOCC1)c1ccc2c(c1)Nc1ccccc1S2(=O)=O. The van der Waals surface area contributed by atoms with Crippen molar-refractivity contribution in [1.82, 2.24) is 0 Å². The average molecular weight is 935 g/mol. The molecule has 0 aliphatic carbocycles. The first-order valence-corrected chi connectivity index (χ1v) is 24.3. The van der Waals surface area contributed by atoms with Crippen LogP contribution in [0.4, 0.5) is 27.5 Å². The van der Waals surface area contributed by atoms with Crippen LogP contribution in [0.5, 0.6) is 0 Å². The summed E-state index contributed by atoms with van der Waals surface area (Å²) in [6, 6.07) is 22.6. The summed E-state index contributed by atoms with van der Waals surface area (Å²) in [4.78, 5) is 40.0. The van der Waals surface area contributed by atoms with E-state index in [4.69, 9.17) is 18.9 Å². The van der Waals surface area contributed by atoms with Crippen LogP contribution in [0, 0.1) is 11.8 Å². The third-order valence-corrected chi connectivity index (χ3v) is 15.4. The van der Waals surface area contributed by atoms with E-state index in [1.807, 2.05) is 0 Å². The van der Waals surface area contributed by atoms with Gasteiger partial charge in [0.1, 0.15) is 5.60 Å². The first-order chi connectivity index (χ1) is 30.0. The fraction of sp³-hybridized carbons (Fsp3) is 0.449. The van der Waals surface area contributed by atoms with E-state index in [9.17, 15) is 36.3 Å². The zero-order valence-corrected chi connectivity index (χ0v) is 37.5. The predicted octanol–water partition coefficient (Wildman–Crippen LogP) is 10.2. The van der Waals surface area contributed by atoms with Crippen molar-refractivity contribution in [3.05, 3.63) is 96.1 Å². The number of hydrogen-bond donors (Lipinski definition) is 2. The Morgan fingerprint density at radius 2 is 1.18 bits per heavy atom. The molecule has 2 fully saturated rings. The van der Waals surface area contributed by atoms with Crippen LogP contribution < -0.4 is 10.2 Å². The summed E-state index contributed by atoms with van der Waals surface area (Å²) >= 11 is 0. The predicted molar refractivity (Wildman–Crippen MR) is 248 cm³/mol. The van der Waals surface area contributed by atoms with Gasteiger partial charge in [-0.15, -0.1) is 0 Å². The monoisotopic (exact) mass is 934 g/mol. The fourth-order valence-corrected chi connectivity index (χ4v) is 11.7. The third-order valence-electron chi connectivity index (χ3n) is 11.7. The molecular formula is C49H62N2O12S2. The maximum atomic E-state index is 13.5. The van der Waals surface area contributed by atoms with E-state index in [1.165, 1.54) is 23.1 Å². The molecule has 14 nitrogen and oxygen atoms in total. The van der Waals surface area contributed by atoms with E-state index in [0.29, 0.717) is 67.7 Å². The molecule has 0 saturated carbocycles. The summed E-state index contributed by atoms with van der Waals surface area (Å²) < 4.78 is 74.6. The summed E-state index contributed by atoms with van der Waals surface area (Å²) in [5.41, 5.74) is 1.76. The lowest BCUT2D eigenvalue weighted by atomic mass is 9.85. The lowest BCUT2D eigenvalue weighted by molar-refractivity contribution is -0.145. The Bertz CT molecular complexity index is 2580. The molecule has 4 aliphatic heterocycles. The Kier molecular flexibility index (Phi) is 16.3. The molecule has 4 heterocycles. The van der Waals surface area contributed by atoms with Gasteiger partial charge in [0.2, 0.25) is 19.7 Å². The maximum Gasteiger partial charge on any atom is 0.419 e. The van der Waals surface area contributed by atoms with Crippen molar-refractivity contribution < 1.29 is 55.3 Å². The summed E-state index contributed by atoms with van der Waals surface area (Å²) in [5, 5.41) is 12.9. The number of hydrogen-bond acceptors (Lipinski definition) is 12.